The monoisotopic (exact) mass is 303 g/mol. The second kappa shape index (κ2) is 6.18. The minimum atomic E-state index is -0.704. The maximum Gasteiger partial charge on any atom is 0.123 e. The third-order valence-electron chi connectivity index (χ3n) is 4.46. The maximum absolute atomic E-state index is 12.9. The molecule has 3 rings (SSSR count). The average molecular weight is 303 g/mol. The first-order chi connectivity index (χ1) is 10.5. The van der Waals surface area contributed by atoms with Gasteiger partial charge in [0.05, 0.1) is 5.60 Å². The van der Waals surface area contributed by atoms with Crippen molar-refractivity contribution in [2.75, 3.05) is 19.6 Å². The maximum atomic E-state index is 12.9. The summed E-state index contributed by atoms with van der Waals surface area (Å²) in [7, 11) is 1.95. The van der Waals surface area contributed by atoms with E-state index in [1.54, 1.807) is 12.1 Å². The molecule has 2 heterocycles. The highest BCUT2D eigenvalue weighted by Gasteiger charge is 2.35. The van der Waals surface area contributed by atoms with Gasteiger partial charge in [-0.1, -0.05) is 12.1 Å². The first-order valence-corrected chi connectivity index (χ1v) is 7.70. The van der Waals surface area contributed by atoms with Crippen LogP contribution in [0.15, 0.2) is 36.5 Å². The number of hydrogen-bond donors (Lipinski definition) is 1. The van der Waals surface area contributed by atoms with Crippen LogP contribution in [0.1, 0.15) is 17.7 Å². The standard InChI is InChI=1S/C17H22FN3O/c1-20-16(6-9-19-20)7-10-21-11-8-17(22,13-21)12-14-2-4-15(18)5-3-14/h2-6,9,22H,7-8,10-13H2,1H3. The van der Waals surface area contributed by atoms with Crippen molar-refractivity contribution in [3.8, 4) is 0 Å². The number of β-amino-alcohol motifs (C(OH)–C–C–N with tert-alkyl or cyclic N) is 1. The molecule has 1 aliphatic heterocycles. The van der Waals surface area contributed by atoms with Crippen molar-refractivity contribution in [1.82, 2.24) is 14.7 Å². The van der Waals surface area contributed by atoms with Crippen LogP contribution in [0.3, 0.4) is 0 Å². The van der Waals surface area contributed by atoms with Crippen molar-refractivity contribution in [3.63, 3.8) is 0 Å². The number of benzene rings is 1. The van der Waals surface area contributed by atoms with Crippen molar-refractivity contribution < 1.29 is 9.50 Å². The molecule has 0 amide bonds. The molecule has 0 spiro atoms. The van der Waals surface area contributed by atoms with Gasteiger partial charge in [-0.15, -0.1) is 0 Å². The zero-order valence-corrected chi connectivity index (χ0v) is 12.9. The van der Waals surface area contributed by atoms with Crippen LogP contribution in [0.2, 0.25) is 0 Å². The third kappa shape index (κ3) is 3.54. The first kappa shape index (κ1) is 15.2. The van der Waals surface area contributed by atoms with E-state index in [9.17, 15) is 9.50 Å². The van der Waals surface area contributed by atoms with E-state index in [0.717, 1.165) is 31.5 Å². The topological polar surface area (TPSA) is 41.3 Å². The fourth-order valence-electron chi connectivity index (χ4n) is 3.18. The minimum Gasteiger partial charge on any atom is -0.388 e. The van der Waals surface area contributed by atoms with Gasteiger partial charge in [-0.3, -0.25) is 9.58 Å². The molecule has 22 heavy (non-hydrogen) atoms. The normalized spacial score (nSPS) is 22.3. The summed E-state index contributed by atoms with van der Waals surface area (Å²) in [6.45, 7) is 2.49. The van der Waals surface area contributed by atoms with Gasteiger partial charge in [0.1, 0.15) is 5.82 Å². The molecular formula is C17H22FN3O. The number of hydrogen-bond acceptors (Lipinski definition) is 3. The van der Waals surface area contributed by atoms with Gasteiger partial charge < -0.3 is 5.11 Å². The fraction of sp³-hybridized carbons (Fsp3) is 0.471. The van der Waals surface area contributed by atoms with Crippen LogP contribution in [-0.2, 0) is 19.9 Å². The molecule has 1 N–H and O–H groups in total. The van der Waals surface area contributed by atoms with Crippen LogP contribution in [0.25, 0.3) is 0 Å². The highest BCUT2D eigenvalue weighted by molar-refractivity contribution is 5.19. The molecule has 1 aliphatic rings. The Labute approximate surface area is 130 Å². The molecule has 4 nitrogen and oxygen atoms in total. The zero-order valence-electron chi connectivity index (χ0n) is 12.9. The summed E-state index contributed by atoms with van der Waals surface area (Å²) in [5.41, 5.74) is 1.48. The van der Waals surface area contributed by atoms with E-state index in [2.05, 4.69) is 10.00 Å². The van der Waals surface area contributed by atoms with E-state index < -0.39 is 5.60 Å². The predicted molar refractivity (Wildman–Crippen MR) is 83.0 cm³/mol. The number of aromatic nitrogens is 2. The van der Waals surface area contributed by atoms with Gasteiger partial charge in [0, 0.05) is 51.4 Å². The molecule has 1 fully saturated rings. The van der Waals surface area contributed by atoms with E-state index in [1.165, 1.54) is 17.8 Å². The van der Waals surface area contributed by atoms with Gasteiger partial charge in [0.15, 0.2) is 0 Å². The van der Waals surface area contributed by atoms with Crippen molar-refractivity contribution in [2.45, 2.75) is 24.9 Å². The van der Waals surface area contributed by atoms with Crippen molar-refractivity contribution in [2.24, 2.45) is 7.05 Å². The van der Waals surface area contributed by atoms with E-state index in [0.29, 0.717) is 13.0 Å². The van der Waals surface area contributed by atoms with Crippen molar-refractivity contribution >= 4 is 0 Å². The molecular weight excluding hydrogens is 281 g/mol. The lowest BCUT2D eigenvalue weighted by atomic mass is 9.94. The van der Waals surface area contributed by atoms with Crippen LogP contribution < -0.4 is 0 Å². The second-order valence-corrected chi connectivity index (χ2v) is 6.25. The predicted octanol–water partition coefficient (Wildman–Crippen LogP) is 1.78. The van der Waals surface area contributed by atoms with Crippen LogP contribution >= 0.6 is 0 Å². The molecule has 1 atom stereocenters. The molecule has 1 saturated heterocycles. The largest absolute Gasteiger partial charge is 0.388 e. The lowest BCUT2D eigenvalue weighted by molar-refractivity contribution is 0.0497. The Hall–Kier alpha value is -1.72. The summed E-state index contributed by atoms with van der Waals surface area (Å²) >= 11 is 0. The molecule has 1 aromatic heterocycles. The van der Waals surface area contributed by atoms with Gasteiger partial charge in [-0.2, -0.15) is 5.10 Å². The van der Waals surface area contributed by atoms with Gasteiger partial charge in [0.2, 0.25) is 0 Å². The van der Waals surface area contributed by atoms with Crippen LogP contribution in [0.5, 0.6) is 0 Å². The van der Waals surface area contributed by atoms with E-state index in [4.69, 9.17) is 0 Å². The highest BCUT2D eigenvalue weighted by Crippen LogP contribution is 2.25. The summed E-state index contributed by atoms with van der Waals surface area (Å²) < 4.78 is 14.8. The number of halogens is 1. The summed E-state index contributed by atoms with van der Waals surface area (Å²) in [5.74, 6) is -0.236. The minimum absolute atomic E-state index is 0.236. The summed E-state index contributed by atoms with van der Waals surface area (Å²) in [6, 6.07) is 8.44. The third-order valence-corrected chi connectivity index (χ3v) is 4.46. The van der Waals surface area contributed by atoms with Gasteiger partial charge in [-0.05, 0) is 30.2 Å². The molecule has 0 radical (unpaired) electrons. The number of likely N-dealkylation sites (tertiary alicyclic amines) is 1. The van der Waals surface area contributed by atoms with Crippen molar-refractivity contribution in [3.05, 3.63) is 53.6 Å². The zero-order chi connectivity index (χ0) is 15.6. The fourth-order valence-corrected chi connectivity index (χ4v) is 3.18. The number of rotatable bonds is 5. The van der Waals surface area contributed by atoms with Crippen LogP contribution in [-0.4, -0.2) is 45.0 Å². The van der Waals surface area contributed by atoms with Gasteiger partial charge >= 0.3 is 0 Å². The Morgan fingerprint density at radius 3 is 2.73 bits per heavy atom. The Morgan fingerprint density at radius 1 is 1.27 bits per heavy atom. The molecule has 0 bridgehead atoms. The second-order valence-electron chi connectivity index (χ2n) is 6.25. The molecule has 0 saturated carbocycles. The Balaban J connectivity index is 1.54. The number of nitrogens with zero attached hydrogens (tertiary/aromatic N) is 3. The number of aryl methyl sites for hydroxylation is 1. The molecule has 118 valence electrons. The summed E-state index contributed by atoms with van der Waals surface area (Å²) in [6.07, 6.45) is 4.08. The molecule has 1 aromatic carbocycles. The Morgan fingerprint density at radius 2 is 2.05 bits per heavy atom. The Kier molecular flexibility index (Phi) is 4.27. The van der Waals surface area contributed by atoms with Crippen LogP contribution in [0, 0.1) is 5.82 Å². The van der Waals surface area contributed by atoms with E-state index in [1.807, 2.05) is 24.0 Å². The average Bonchev–Trinajstić information content (AvgIpc) is 3.06. The van der Waals surface area contributed by atoms with E-state index in [-0.39, 0.29) is 5.82 Å². The first-order valence-electron chi connectivity index (χ1n) is 7.70. The van der Waals surface area contributed by atoms with E-state index >= 15 is 0 Å². The summed E-state index contributed by atoms with van der Waals surface area (Å²) in [4.78, 5) is 2.29. The highest BCUT2D eigenvalue weighted by atomic mass is 19.1. The SMILES string of the molecule is Cn1nccc1CCN1CCC(O)(Cc2ccc(F)cc2)C1. The quantitative estimate of drug-likeness (QED) is 0.915. The summed E-state index contributed by atoms with van der Waals surface area (Å²) in [5, 5.41) is 14.9. The molecule has 1 unspecified atom stereocenters. The lowest BCUT2D eigenvalue weighted by Gasteiger charge is -2.23. The van der Waals surface area contributed by atoms with Crippen LogP contribution in [0.4, 0.5) is 4.39 Å². The van der Waals surface area contributed by atoms with Gasteiger partial charge in [-0.25, -0.2) is 4.39 Å². The number of aliphatic hydroxyl groups is 1. The lowest BCUT2D eigenvalue weighted by Crippen LogP contribution is -2.36. The molecule has 0 aliphatic carbocycles. The smallest absolute Gasteiger partial charge is 0.123 e. The molecule has 5 heteroatoms. The van der Waals surface area contributed by atoms with Crippen molar-refractivity contribution in [1.29, 1.82) is 0 Å². The Bertz CT molecular complexity index is 625. The van der Waals surface area contributed by atoms with Gasteiger partial charge in [0.25, 0.3) is 0 Å². The molecule has 2 aromatic rings.